The number of nitrogens with zero attached hydrogens (tertiary/aromatic N) is 3. The van der Waals surface area contributed by atoms with Gasteiger partial charge in [-0.1, -0.05) is 46.9 Å². The highest BCUT2D eigenvalue weighted by Gasteiger charge is 2.30. The Balaban J connectivity index is 1.34. The molecule has 0 aliphatic carbocycles. The van der Waals surface area contributed by atoms with Gasteiger partial charge in [0.25, 0.3) is 11.7 Å². The normalized spacial score (nSPS) is 12.7. The SMILES string of the molecule is O=C(C[n+]1cc(-c2ccc(Cl)c(Cl)c2)n2c1CCC2)Nc1nc(-c2ccc(Cl)cc2)cs1. The summed E-state index contributed by atoms with van der Waals surface area (Å²) in [6.07, 6.45) is 3.98. The summed E-state index contributed by atoms with van der Waals surface area (Å²) in [7, 11) is 0. The molecule has 0 unspecified atom stereocenters. The highest BCUT2D eigenvalue weighted by atomic mass is 35.5. The molecule has 3 heterocycles. The van der Waals surface area contributed by atoms with Crippen molar-refractivity contribution in [3.63, 3.8) is 0 Å². The van der Waals surface area contributed by atoms with Gasteiger partial charge in [0.15, 0.2) is 17.4 Å². The van der Waals surface area contributed by atoms with Gasteiger partial charge in [0.2, 0.25) is 0 Å². The number of carbonyl (C=O) groups excluding carboxylic acids is 1. The van der Waals surface area contributed by atoms with Crippen LogP contribution in [0, 0.1) is 0 Å². The lowest BCUT2D eigenvalue weighted by Crippen LogP contribution is -2.42. The number of fused-ring (bicyclic) bond motifs is 1. The molecule has 0 bridgehead atoms. The average molecular weight is 505 g/mol. The van der Waals surface area contributed by atoms with E-state index in [0.717, 1.165) is 47.7 Å². The Bertz CT molecular complexity index is 1310. The standard InChI is InChI=1S/C23H17Cl3N4OS/c24-16-6-3-14(4-7-16)19-13-32-23(27-19)28-21(31)12-29-11-20(30-9-1-2-22(29)30)15-5-8-17(25)18(26)10-15/h3-8,10-11,13H,1-2,9,12H2/p+1. The zero-order valence-electron chi connectivity index (χ0n) is 16.8. The van der Waals surface area contributed by atoms with E-state index in [9.17, 15) is 4.79 Å². The molecule has 1 aliphatic rings. The van der Waals surface area contributed by atoms with Crippen LogP contribution >= 0.6 is 46.1 Å². The molecule has 1 amide bonds. The molecular formula is C23H18Cl3N4OS+. The molecule has 0 radical (unpaired) electrons. The van der Waals surface area contributed by atoms with Crippen LogP contribution in [-0.4, -0.2) is 15.5 Å². The molecule has 1 aliphatic heterocycles. The summed E-state index contributed by atoms with van der Waals surface area (Å²) in [5, 5.41) is 7.13. The molecule has 5 nitrogen and oxygen atoms in total. The van der Waals surface area contributed by atoms with Crippen molar-refractivity contribution in [1.29, 1.82) is 0 Å². The molecular weight excluding hydrogens is 487 g/mol. The van der Waals surface area contributed by atoms with Gasteiger partial charge in [-0.05, 0) is 36.8 Å². The second kappa shape index (κ2) is 8.87. The second-order valence-electron chi connectivity index (χ2n) is 7.54. The van der Waals surface area contributed by atoms with Crippen molar-refractivity contribution in [1.82, 2.24) is 9.55 Å². The summed E-state index contributed by atoms with van der Waals surface area (Å²) >= 11 is 19.7. The topological polar surface area (TPSA) is 50.8 Å². The lowest BCUT2D eigenvalue weighted by atomic mass is 10.1. The Morgan fingerprint density at radius 1 is 1.09 bits per heavy atom. The number of imidazole rings is 1. The first-order valence-electron chi connectivity index (χ1n) is 10.1. The van der Waals surface area contributed by atoms with Crippen LogP contribution in [0.1, 0.15) is 12.2 Å². The van der Waals surface area contributed by atoms with Gasteiger partial charge in [0.1, 0.15) is 6.20 Å². The van der Waals surface area contributed by atoms with Gasteiger partial charge >= 0.3 is 0 Å². The van der Waals surface area contributed by atoms with E-state index < -0.39 is 0 Å². The molecule has 162 valence electrons. The Morgan fingerprint density at radius 3 is 2.66 bits per heavy atom. The first-order valence-corrected chi connectivity index (χ1v) is 12.1. The third-order valence-electron chi connectivity index (χ3n) is 5.41. The molecule has 2 aromatic heterocycles. The first kappa shape index (κ1) is 21.5. The average Bonchev–Trinajstić information content (AvgIpc) is 3.49. The van der Waals surface area contributed by atoms with Crippen LogP contribution in [0.15, 0.2) is 54.0 Å². The zero-order valence-corrected chi connectivity index (χ0v) is 19.9. The molecule has 1 N–H and O–H groups in total. The number of hydrogen-bond donors (Lipinski definition) is 1. The van der Waals surface area contributed by atoms with E-state index in [1.54, 1.807) is 6.07 Å². The maximum Gasteiger partial charge on any atom is 0.268 e. The van der Waals surface area contributed by atoms with Gasteiger partial charge in [-0.25, -0.2) is 14.1 Å². The van der Waals surface area contributed by atoms with E-state index in [1.807, 2.05) is 52.5 Å². The smallest absolute Gasteiger partial charge is 0.268 e. The molecule has 0 saturated heterocycles. The monoisotopic (exact) mass is 503 g/mol. The Labute approximate surface area is 204 Å². The minimum Gasteiger partial charge on any atom is -0.299 e. The molecule has 32 heavy (non-hydrogen) atoms. The maximum absolute atomic E-state index is 12.8. The van der Waals surface area contributed by atoms with E-state index in [1.165, 1.54) is 11.3 Å². The fraction of sp³-hybridized carbons (Fsp3) is 0.174. The molecule has 9 heteroatoms. The van der Waals surface area contributed by atoms with E-state index in [4.69, 9.17) is 34.8 Å². The van der Waals surface area contributed by atoms with Crippen LogP contribution in [0.25, 0.3) is 22.5 Å². The summed E-state index contributed by atoms with van der Waals surface area (Å²) < 4.78 is 4.25. The Kier molecular flexibility index (Phi) is 5.95. The van der Waals surface area contributed by atoms with Crippen LogP contribution in [0.5, 0.6) is 0 Å². The second-order valence-corrected chi connectivity index (χ2v) is 9.64. The first-order chi connectivity index (χ1) is 15.5. The molecule has 0 saturated carbocycles. The van der Waals surface area contributed by atoms with Crippen LogP contribution in [0.3, 0.4) is 0 Å². The van der Waals surface area contributed by atoms with Gasteiger partial charge < -0.3 is 0 Å². The molecule has 0 spiro atoms. The zero-order chi connectivity index (χ0) is 22.2. The fourth-order valence-electron chi connectivity index (χ4n) is 3.93. The van der Waals surface area contributed by atoms with Crippen molar-refractivity contribution >= 4 is 57.2 Å². The lowest BCUT2D eigenvalue weighted by molar-refractivity contribution is -0.690. The number of rotatable bonds is 5. The van der Waals surface area contributed by atoms with Crippen molar-refractivity contribution in [2.45, 2.75) is 25.9 Å². The van der Waals surface area contributed by atoms with Gasteiger partial charge in [-0.2, -0.15) is 0 Å². The number of aromatic nitrogens is 3. The summed E-state index contributed by atoms with van der Waals surface area (Å²) in [5.41, 5.74) is 3.77. The van der Waals surface area contributed by atoms with E-state index in [-0.39, 0.29) is 12.5 Å². The van der Waals surface area contributed by atoms with Crippen LogP contribution < -0.4 is 9.88 Å². The Hall–Kier alpha value is -2.38. The lowest BCUT2D eigenvalue weighted by Gasteiger charge is -2.01. The molecule has 5 rings (SSSR count). The quantitative estimate of drug-likeness (QED) is 0.333. The molecule has 2 aromatic carbocycles. The maximum atomic E-state index is 12.8. The van der Waals surface area contributed by atoms with E-state index in [2.05, 4.69) is 14.9 Å². The minimum absolute atomic E-state index is 0.118. The van der Waals surface area contributed by atoms with Crippen LogP contribution in [0.2, 0.25) is 15.1 Å². The van der Waals surface area contributed by atoms with E-state index >= 15 is 0 Å². The number of anilines is 1. The van der Waals surface area contributed by atoms with Gasteiger partial charge in [0, 0.05) is 21.5 Å². The third kappa shape index (κ3) is 4.28. The fourth-order valence-corrected chi connectivity index (χ4v) is 5.09. The molecule has 0 atom stereocenters. The van der Waals surface area contributed by atoms with Gasteiger partial charge in [-0.3, -0.25) is 10.1 Å². The minimum atomic E-state index is -0.118. The van der Waals surface area contributed by atoms with Crippen LogP contribution in [-0.2, 0) is 24.3 Å². The summed E-state index contributed by atoms with van der Waals surface area (Å²) in [5.74, 6) is 1.01. The largest absolute Gasteiger partial charge is 0.299 e. The predicted molar refractivity (Wildman–Crippen MR) is 130 cm³/mol. The van der Waals surface area contributed by atoms with Crippen molar-refractivity contribution in [3.8, 4) is 22.5 Å². The highest BCUT2D eigenvalue weighted by Crippen LogP contribution is 2.31. The van der Waals surface area contributed by atoms with Crippen molar-refractivity contribution in [2.75, 3.05) is 5.32 Å². The number of benzene rings is 2. The number of nitrogens with one attached hydrogen (secondary N) is 1. The van der Waals surface area contributed by atoms with Crippen molar-refractivity contribution in [3.05, 3.63) is 74.9 Å². The number of halogens is 3. The third-order valence-corrected chi connectivity index (χ3v) is 7.16. The number of thiazole rings is 1. The highest BCUT2D eigenvalue weighted by molar-refractivity contribution is 7.14. The summed E-state index contributed by atoms with van der Waals surface area (Å²) in [6.45, 7) is 1.13. The van der Waals surface area contributed by atoms with Gasteiger partial charge in [0.05, 0.1) is 28.7 Å². The van der Waals surface area contributed by atoms with E-state index in [0.29, 0.717) is 20.2 Å². The van der Waals surface area contributed by atoms with Crippen molar-refractivity contribution < 1.29 is 9.36 Å². The van der Waals surface area contributed by atoms with Gasteiger partial charge in [-0.15, -0.1) is 11.3 Å². The summed E-state index contributed by atoms with van der Waals surface area (Å²) in [6, 6.07) is 13.1. The van der Waals surface area contributed by atoms with Crippen LogP contribution in [0.4, 0.5) is 5.13 Å². The molecule has 0 fully saturated rings. The van der Waals surface area contributed by atoms with Crippen molar-refractivity contribution in [2.24, 2.45) is 0 Å². The predicted octanol–water partition coefficient (Wildman–Crippen LogP) is 6.11. The summed E-state index contributed by atoms with van der Waals surface area (Å²) in [4.78, 5) is 17.3. The number of amides is 1. The number of carbonyl (C=O) groups is 1. The number of hydrogen-bond acceptors (Lipinski definition) is 3. The Morgan fingerprint density at radius 2 is 1.88 bits per heavy atom. The molecule has 4 aromatic rings.